The normalized spacial score (nSPS) is 11.2. The van der Waals surface area contributed by atoms with Crippen molar-refractivity contribution in [3.8, 4) is 23.1 Å². The number of nitriles is 1. The highest BCUT2D eigenvalue weighted by Gasteiger charge is 2.19. The van der Waals surface area contributed by atoms with E-state index in [2.05, 4.69) is 48.9 Å². The predicted molar refractivity (Wildman–Crippen MR) is 78.7 cm³/mol. The molecule has 0 fully saturated rings. The van der Waals surface area contributed by atoms with E-state index >= 15 is 0 Å². The van der Waals surface area contributed by atoms with Crippen LogP contribution in [0.3, 0.4) is 0 Å². The molecular weight excluding hydrogens is 250 g/mol. The fraction of sp³-hybridized carbons (Fsp3) is 0.375. The summed E-state index contributed by atoms with van der Waals surface area (Å²) in [6.07, 6.45) is 0. The summed E-state index contributed by atoms with van der Waals surface area (Å²) in [7, 11) is 1.63. The number of hydrogen-bond donors (Lipinski definition) is 1. The van der Waals surface area contributed by atoms with Crippen LogP contribution in [0.1, 0.15) is 37.9 Å². The molecule has 0 bridgehead atoms. The average Bonchev–Trinajstić information content (AvgIpc) is 2.78. The number of rotatable bonds is 2. The van der Waals surface area contributed by atoms with Crippen LogP contribution < -0.4 is 4.74 Å². The zero-order valence-electron chi connectivity index (χ0n) is 12.5. The van der Waals surface area contributed by atoms with Crippen LogP contribution in [0.4, 0.5) is 0 Å². The van der Waals surface area contributed by atoms with Crippen LogP contribution in [0, 0.1) is 18.3 Å². The molecule has 1 aromatic carbocycles. The average molecular weight is 269 g/mol. The van der Waals surface area contributed by atoms with E-state index in [9.17, 15) is 5.26 Å². The van der Waals surface area contributed by atoms with Gasteiger partial charge in [0.1, 0.15) is 17.6 Å². The molecule has 104 valence electrons. The van der Waals surface area contributed by atoms with Gasteiger partial charge in [0.15, 0.2) is 5.69 Å². The number of ether oxygens (including phenoxy) is 1. The molecule has 0 radical (unpaired) electrons. The Morgan fingerprint density at radius 3 is 2.55 bits per heavy atom. The molecule has 0 saturated carbocycles. The lowest BCUT2D eigenvalue weighted by molar-refractivity contribution is 0.415. The second-order valence-electron chi connectivity index (χ2n) is 5.82. The van der Waals surface area contributed by atoms with Gasteiger partial charge in [0.2, 0.25) is 0 Å². The van der Waals surface area contributed by atoms with Crippen molar-refractivity contribution in [2.45, 2.75) is 33.1 Å². The molecule has 4 nitrogen and oxygen atoms in total. The summed E-state index contributed by atoms with van der Waals surface area (Å²) in [5, 5.41) is 9.21. The van der Waals surface area contributed by atoms with Crippen molar-refractivity contribution in [3.63, 3.8) is 0 Å². The molecule has 1 N–H and O–H groups in total. The van der Waals surface area contributed by atoms with Gasteiger partial charge >= 0.3 is 0 Å². The van der Waals surface area contributed by atoms with E-state index in [0.717, 1.165) is 17.1 Å². The summed E-state index contributed by atoms with van der Waals surface area (Å²) in [5.74, 6) is 1.46. The Morgan fingerprint density at radius 1 is 1.30 bits per heavy atom. The third-order valence-electron chi connectivity index (χ3n) is 3.26. The second-order valence-corrected chi connectivity index (χ2v) is 5.82. The minimum atomic E-state index is 0.0306. The number of nitrogens with one attached hydrogen (secondary N) is 1. The first-order valence-corrected chi connectivity index (χ1v) is 6.52. The van der Waals surface area contributed by atoms with Crippen LogP contribution >= 0.6 is 0 Å². The lowest BCUT2D eigenvalue weighted by atomic mass is 9.85. The number of H-pyrrole nitrogens is 1. The first-order chi connectivity index (χ1) is 9.36. The molecule has 0 atom stereocenters. The maximum atomic E-state index is 9.21. The number of methoxy groups -OCH3 is 1. The Balaban J connectivity index is 2.68. The van der Waals surface area contributed by atoms with Crippen molar-refractivity contribution >= 4 is 0 Å². The number of hydrogen-bond acceptors (Lipinski definition) is 3. The van der Waals surface area contributed by atoms with Crippen LogP contribution in [0.25, 0.3) is 11.3 Å². The van der Waals surface area contributed by atoms with Crippen LogP contribution in [-0.4, -0.2) is 17.1 Å². The fourth-order valence-electron chi connectivity index (χ4n) is 2.14. The number of aromatic nitrogens is 2. The van der Waals surface area contributed by atoms with E-state index in [1.54, 1.807) is 7.11 Å². The zero-order chi connectivity index (χ0) is 14.9. The molecular formula is C16H19N3O. The van der Waals surface area contributed by atoms with Crippen molar-refractivity contribution in [3.05, 3.63) is 35.3 Å². The number of aryl methyl sites for hydroxylation is 1. The summed E-state index contributed by atoms with van der Waals surface area (Å²) >= 11 is 0. The van der Waals surface area contributed by atoms with Gasteiger partial charge < -0.3 is 9.72 Å². The van der Waals surface area contributed by atoms with Crippen LogP contribution in [0.5, 0.6) is 5.75 Å². The van der Waals surface area contributed by atoms with Gasteiger partial charge in [-0.25, -0.2) is 4.98 Å². The summed E-state index contributed by atoms with van der Waals surface area (Å²) in [6, 6.07) is 8.18. The van der Waals surface area contributed by atoms with Crippen molar-refractivity contribution in [2.24, 2.45) is 0 Å². The molecule has 0 unspecified atom stereocenters. The maximum absolute atomic E-state index is 9.21. The Hall–Kier alpha value is -2.28. The topological polar surface area (TPSA) is 61.7 Å². The second kappa shape index (κ2) is 5.01. The van der Waals surface area contributed by atoms with Gasteiger partial charge in [-0.3, -0.25) is 0 Å². The third kappa shape index (κ3) is 2.53. The van der Waals surface area contributed by atoms with Gasteiger partial charge in [-0.05, 0) is 30.0 Å². The first-order valence-electron chi connectivity index (χ1n) is 6.52. The Morgan fingerprint density at radius 2 is 2.00 bits per heavy atom. The fourth-order valence-corrected chi connectivity index (χ4v) is 2.14. The lowest BCUT2D eigenvalue weighted by Gasteiger charge is -2.20. The van der Waals surface area contributed by atoms with E-state index in [-0.39, 0.29) is 5.41 Å². The van der Waals surface area contributed by atoms with Crippen molar-refractivity contribution in [1.82, 2.24) is 9.97 Å². The highest BCUT2D eigenvalue weighted by atomic mass is 16.5. The van der Waals surface area contributed by atoms with Gasteiger partial charge in [-0.1, -0.05) is 26.8 Å². The summed E-state index contributed by atoms with van der Waals surface area (Å²) in [5.41, 5.74) is 3.20. The molecule has 20 heavy (non-hydrogen) atoms. The first kappa shape index (κ1) is 14.1. The van der Waals surface area contributed by atoms with Crippen molar-refractivity contribution in [2.75, 3.05) is 7.11 Å². The zero-order valence-corrected chi connectivity index (χ0v) is 12.5. The number of benzene rings is 1. The maximum Gasteiger partial charge on any atom is 0.166 e. The monoisotopic (exact) mass is 269 g/mol. The van der Waals surface area contributed by atoms with E-state index in [1.807, 2.05) is 13.0 Å². The number of nitrogens with zero attached hydrogens (tertiary/aromatic N) is 2. The van der Waals surface area contributed by atoms with E-state index < -0.39 is 0 Å². The highest BCUT2D eigenvalue weighted by Crippen LogP contribution is 2.35. The largest absolute Gasteiger partial charge is 0.496 e. The highest BCUT2D eigenvalue weighted by molar-refractivity contribution is 5.72. The van der Waals surface area contributed by atoms with E-state index in [1.165, 1.54) is 5.56 Å². The Bertz CT molecular complexity index is 672. The van der Waals surface area contributed by atoms with Crippen LogP contribution in [-0.2, 0) is 5.41 Å². The summed E-state index contributed by atoms with van der Waals surface area (Å²) < 4.78 is 5.42. The Kier molecular flexibility index (Phi) is 3.54. The molecule has 4 heteroatoms. The standard InChI is InChI=1S/C16H19N3O/c1-10-18-13(9-17)15(19-10)12-8-11(16(2,3)4)6-7-14(12)20-5/h6-8H,1-5H3,(H,18,19). The smallest absolute Gasteiger partial charge is 0.166 e. The molecule has 0 spiro atoms. The van der Waals surface area contributed by atoms with Gasteiger partial charge in [0.25, 0.3) is 0 Å². The Labute approximate surface area is 119 Å². The summed E-state index contributed by atoms with van der Waals surface area (Å²) in [6.45, 7) is 8.30. The molecule has 1 aromatic heterocycles. The number of imidazole rings is 1. The molecule has 1 heterocycles. The molecule has 0 amide bonds. The van der Waals surface area contributed by atoms with E-state index in [0.29, 0.717) is 11.4 Å². The molecule has 0 aliphatic carbocycles. The van der Waals surface area contributed by atoms with Gasteiger partial charge in [0.05, 0.1) is 12.8 Å². The summed E-state index contributed by atoms with van der Waals surface area (Å²) in [4.78, 5) is 7.35. The molecule has 2 rings (SSSR count). The molecule has 2 aromatic rings. The number of aromatic amines is 1. The van der Waals surface area contributed by atoms with E-state index in [4.69, 9.17) is 4.74 Å². The van der Waals surface area contributed by atoms with Gasteiger partial charge in [-0.15, -0.1) is 0 Å². The quantitative estimate of drug-likeness (QED) is 0.906. The van der Waals surface area contributed by atoms with Crippen molar-refractivity contribution in [1.29, 1.82) is 5.26 Å². The van der Waals surface area contributed by atoms with Crippen LogP contribution in [0.15, 0.2) is 18.2 Å². The molecule has 0 saturated heterocycles. The predicted octanol–water partition coefficient (Wildman–Crippen LogP) is 3.56. The molecule has 0 aliphatic rings. The SMILES string of the molecule is COc1ccc(C(C)(C)C)cc1-c1[nH]c(C)nc1C#N. The third-order valence-corrected chi connectivity index (χ3v) is 3.26. The van der Waals surface area contributed by atoms with Crippen molar-refractivity contribution < 1.29 is 4.74 Å². The van der Waals surface area contributed by atoms with Gasteiger partial charge in [0, 0.05) is 5.56 Å². The van der Waals surface area contributed by atoms with Gasteiger partial charge in [-0.2, -0.15) is 5.26 Å². The minimum Gasteiger partial charge on any atom is -0.496 e. The van der Waals surface area contributed by atoms with Crippen LogP contribution in [0.2, 0.25) is 0 Å². The molecule has 0 aliphatic heterocycles. The minimum absolute atomic E-state index is 0.0306. The lowest BCUT2D eigenvalue weighted by Crippen LogP contribution is -2.11.